The fourth-order valence-corrected chi connectivity index (χ4v) is 3.40. The van der Waals surface area contributed by atoms with Gasteiger partial charge >= 0.3 is 0 Å². The van der Waals surface area contributed by atoms with Crippen LogP contribution in [0.25, 0.3) is 0 Å². The second-order valence-corrected chi connectivity index (χ2v) is 7.44. The van der Waals surface area contributed by atoms with Gasteiger partial charge in [-0.05, 0) is 36.2 Å². The minimum Gasteiger partial charge on any atom is -0.493 e. The van der Waals surface area contributed by atoms with Crippen LogP contribution in [0.15, 0.2) is 42.5 Å². The molecule has 140 valence electrons. The summed E-state index contributed by atoms with van der Waals surface area (Å²) in [5.74, 6) is 0.247. The van der Waals surface area contributed by atoms with E-state index >= 15 is 0 Å². The first-order chi connectivity index (χ1) is 12.3. The average molecular weight is 378 g/mol. The van der Waals surface area contributed by atoms with Crippen LogP contribution in [0.5, 0.6) is 11.5 Å². The summed E-state index contributed by atoms with van der Waals surface area (Å²) in [5.41, 5.74) is 2.07. The van der Waals surface area contributed by atoms with Crippen molar-refractivity contribution in [3.05, 3.63) is 53.6 Å². The Morgan fingerprint density at radius 2 is 1.73 bits per heavy atom. The number of aryl methyl sites for hydroxylation is 1. The first kappa shape index (κ1) is 19.7. The maximum absolute atomic E-state index is 12.2. The van der Waals surface area contributed by atoms with Crippen molar-refractivity contribution in [3.63, 3.8) is 0 Å². The zero-order valence-electron chi connectivity index (χ0n) is 14.9. The topological polar surface area (TPSA) is 93.7 Å². The Morgan fingerprint density at radius 1 is 1.04 bits per heavy atom. The number of ether oxygens (including phenoxy) is 2. The van der Waals surface area contributed by atoms with Crippen LogP contribution in [0, 0.1) is 6.92 Å². The van der Waals surface area contributed by atoms with Crippen LogP contribution in [0.4, 0.5) is 5.69 Å². The lowest BCUT2D eigenvalue weighted by Gasteiger charge is -2.11. The Balaban J connectivity index is 1.96. The zero-order chi connectivity index (χ0) is 19.2. The number of methoxy groups -OCH3 is 2. The molecule has 1 amide bonds. The van der Waals surface area contributed by atoms with Crippen LogP contribution in [0.3, 0.4) is 0 Å². The third-order valence-corrected chi connectivity index (χ3v) is 4.97. The maximum atomic E-state index is 12.2. The highest BCUT2D eigenvalue weighted by molar-refractivity contribution is 7.88. The highest BCUT2D eigenvalue weighted by Gasteiger charge is 2.15. The van der Waals surface area contributed by atoms with Crippen molar-refractivity contribution in [2.24, 2.45) is 0 Å². The molecule has 0 saturated heterocycles. The van der Waals surface area contributed by atoms with Gasteiger partial charge in [-0.2, -0.15) is 0 Å². The van der Waals surface area contributed by atoms with Gasteiger partial charge in [0.2, 0.25) is 15.9 Å². The summed E-state index contributed by atoms with van der Waals surface area (Å²) in [5, 5.41) is 2.68. The molecule has 0 aliphatic carbocycles. The van der Waals surface area contributed by atoms with E-state index in [9.17, 15) is 13.2 Å². The highest BCUT2D eigenvalue weighted by Crippen LogP contribution is 2.28. The largest absolute Gasteiger partial charge is 0.493 e. The molecular weight excluding hydrogens is 356 g/mol. The number of hydrogen-bond donors (Lipinski definition) is 2. The number of nitrogens with one attached hydrogen (secondary N) is 2. The van der Waals surface area contributed by atoms with Gasteiger partial charge < -0.3 is 14.8 Å². The number of benzene rings is 2. The Bertz CT molecular complexity index is 881. The van der Waals surface area contributed by atoms with E-state index < -0.39 is 15.9 Å². The highest BCUT2D eigenvalue weighted by atomic mass is 32.2. The standard InChI is InChI=1S/C18H22N2O5S/c1-13-6-4-5-7-15(13)20-18(21)11-19-26(22,23)12-14-8-9-16(24-2)17(10-14)25-3/h4-10,19H,11-12H2,1-3H3,(H,20,21). The molecule has 0 heterocycles. The minimum absolute atomic E-state index is 0.273. The van der Waals surface area contributed by atoms with Gasteiger partial charge in [-0.25, -0.2) is 13.1 Å². The van der Waals surface area contributed by atoms with Crippen LogP contribution in [0.2, 0.25) is 0 Å². The lowest BCUT2D eigenvalue weighted by atomic mass is 10.2. The van der Waals surface area contributed by atoms with E-state index in [1.807, 2.05) is 19.1 Å². The number of hydrogen-bond acceptors (Lipinski definition) is 5. The van der Waals surface area contributed by atoms with E-state index in [-0.39, 0.29) is 12.3 Å². The molecule has 2 N–H and O–H groups in total. The summed E-state index contributed by atoms with van der Waals surface area (Å²) in [6, 6.07) is 12.1. The van der Waals surface area contributed by atoms with Gasteiger partial charge in [-0.3, -0.25) is 4.79 Å². The number of carbonyl (C=O) groups excluding carboxylic acids is 1. The Labute approximate surface area is 153 Å². The quantitative estimate of drug-likeness (QED) is 0.733. The van der Waals surface area contributed by atoms with E-state index in [1.54, 1.807) is 30.3 Å². The van der Waals surface area contributed by atoms with E-state index in [4.69, 9.17) is 9.47 Å². The molecule has 0 atom stereocenters. The molecule has 0 unspecified atom stereocenters. The van der Waals surface area contributed by atoms with Gasteiger partial charge in [0.05, 0.1) is 26.5 Å². The van der Waals surface area contributed by atoms with Crippen molar-refractivity contribution < 1.29 is 22.7 Å². The van der Waals surface area contributed by atoms with E-state index in [0.29, 0.717) is 22.7 Å². The lowest BCUT2D eigenvalue weighted by Crippen LogP contribution is -2.33. The smallest absolute Gasteiger partial charge is 0.239 e. The molecular formula is C18H22N2O5S. The number of rotatable bonds is 8. The zero-order valence-corrected chi connectivity index (χ0v) is 15.7. The van der Waals surface area contributed by atoms with Gasteiger partial charge in [-0.15, -0.1) is 0 Å². The first-order valence-electron chi connectivity index (χ1n) is 7.88. The molecule has 0 aliphatic rings. The van der Waals surface area contributed by atoms with E-state index in [0.717, 1.165) is 5.56 Å². The third-order valence-electron chi connectivity index (χ3n) is 3.68. The molecule has 7 nitrogen and oxygen atoms in total. The summed E-state index contributed by atoms with van der Waals surface area (Å²) in [6.07, 6.45) is 0. The maximum Gasteiger partial charge on any atom is 0.239 e. The van der Waals surface area contributed by atoms with Crippen LogP contribution in [-0.2, 0) is 20.6 Å². The number of para-hydroxylation sites is 1. The molecule has 2 rings (SSSR count). The second kappa shape index (κ2) is 8.68. The normalized spacial score (nSPS) is 11.0. The Hall–Kier alpha value is -2.58. The summed E-state index contributed by atoms with van der Waals surface area (Å²) in [7, 11) is -0.705. The molecule has 0 aliphatic heterocycles. The van der Waals surface area contributed by atoms with Crippen molar-refractivity contribution in [3.8, 4) is 11.5 Å². The van der Waals surface area contributed by atoms with Crippen molar-refractivity contribution in [1.82, 2.24) is 4.72 Å². The number of amides is 1. The number of carbonyl (C=O) groups is 1. The summed E-state index contributed by atoms with van der Waals surface area (Å²) in [6.45, 7) is 1.51. The van der Waals surface area contributed by atoms with Gasteiger partial charge in [-0.1, -0.05) is 24.3 Å². The van der Waals surface area contributed by atoms with Crippen LogP contribution < -0.4 is 19.5 Å². The number of sulfonamides is 1. The molecule has 8 heteroatoms. The molecule has 26 heavy (non-hydrogen) atoms. The Kier molecular flexibility index (Phi) is 6.59. The van der Waals surface area contributed by atoms with Gasteiger partial charge in [0.25, 0.3) is 0 Å². The average Bonchev–Trinajstić information content (AvgIpc) is 2.61. The first-order valence-corrected chi connectivity index (χ1v) is 9.53. The summed E-state index contributed by atoms with van der Waals surface area (Å²) in [4.78, 5) is 12.0. The van der Waals surface area contributed by atoms with Crippen LogP contribution in [0.1, 0.15) is 11.1 Å². The van der Waals surface area contributed by atoms with Crippen molar-refractivity contribution >= 4 is 21.6 Å². The van der Waals surface area contributed by atoms with Gasteiger partial charge in [0.15, 0.2) is 11.5 Å². The van der Waals surface area contributed by atoms with Crippen LogP contribution >= 0.6 is 0 Å². The van der Waals surface area contributed by atoms with E-state index in [1.165, 1.54) is 14.2 Å². The fraction of sp³-hybridized carbons (Fsp3) is 0.278. The molecule has 0 bridgehead atoms. The summed E-state index contributed by atoms with van der Waals surface area (Å²) < 4.78 is 37.0. The van der Waals surface area contributed by atoms with Gasteiger partial charge in [0, 0.05) is 5.69 Å². The molecule has 0 spiro atoms. The van der Waals surface area contributed by atoms with Crippen LogP contribution in [-0.4, -0.2) is 35.1 Å². The fourth-order valence-electron chi connectivity index (χ4n) is 2.32. The second-order valence-electron chi connectivity index (χ2n) is 5.63. The SMILES string of the molecule is COc1ccc(CS(=O)(=O)NCC(=O)Nc2ccccc2C)cc1OC. The monoisotopic (exact) mass is 378 g/mol. The molecule has 0 fully saturated rings. The predicted octanol–water partition coefficient (Wildman–Crippen LogP) is 2.07. The number of anilines is 1. The minimum atomic E-state index is -3.68. The van der Waals surface area contributed by atoms with E-state index in [2.05, 4.69) is 10.0 Å². The molecule has 0 saturated carbocycles. The van der Waals surface area contributed by atoms with Crippen molar-refractivity contribution in [1.29, 1.82) is 0 Å². The van der Waals surface area contributed by atoms with Crippen molar-refractivity contribution in [2.45, 2.75) is 12.7 Å². The molecule has 0 radical (unpaired) electrons. The van der Waals surface area contributed by atoms with Gasteiger partial charge in [0.1, 0.15) is 0 Å². The molecule has 0 aromatic heterocycles. The Morgan fingerprint density at radius 3 is 2.38 bits per heavy atom. The lowest BCUT2D eigenvalue weighted by molar-refractivity contribution is -0.115. The third kappa shape index (κ3) is 5.47. The van der Waals surface area contributed by atoms with Crippen molar-refractivity contribution in [2.75, 3.05) is 26.1 Å². The summed E-state index contributed by atoms with van der Waals surface area (Å²) >= 11 is 0. The molecule has 2 aromatic rings. The predicted molar refractivity (Wildman–Crippen MR) is 100.0 cm³/mol. The molecule has 2 aromatic carbocycles.